The summed E-state index contributed by atoms with van der Waals surface area (Å²) in [4.78, 5) is 36.9. The highest BCUT2D eigenvalue weighted by atomic mass is 16.6. The van der Waals surface area contributed by atoms with Crippen LogP contribution in [0.3, 0.4) is 0 Å². The Morgan fingerprint density at radius 1 is 0.536 bits per heavy atom. The van der Waals surface area contributed by atoms with E-state index in [1.807, 2.05) is 21.1 Å². The molecule has 0 aliphatic heterocycles. The Morgan fingerprint density at radius 3 is 1.38 bits per heavy atom. The van der Waals surface area contributed by atoms with Crippen molar-refractivity contribution >= 4 is 17.9 Å². The average molecular weight is 793 g/mol. The molecule has 0 aliphatic rings. The zero-order chi connectivity index (χ0) is 41.4. The summed E-state index contributed by atoms with van der Waals surface area (Å²) >= 11 is 0. The van der Waals surface area contributed by atoms with Gasteiger partial charge >= 0.3 is 17.9 Å². The number of carbonyl (C=O) groups is 3. The van der Waals surface area contributed by atoms with E-state index in [9.17, 15) is 19.5 Å². The van der Waals surface area contributed by atoms with E-state index in [-0.39, 0.29) is 36.2 Å². The minimum absolute atomic E-state index is 0.0513. The molecule has 0 radical (unpaired) electrons. The molecule has 56 heavy (non-hydrogen) atoms. The van der Waals surface area contributed by atoms with Crippen molar-refractivity contribution < 1.29 is 38.2 Å². The van der Waals surface area contributed by atoms with Gasteiger partial charge in [-0.05, 0) is 44.9 Å². The lowest BCUT2D eigenvalue weighted by Crippen LogP contribution is -2.50. The first-order valence-corrected chi connectivity index (χ1v) is 23.4. The second kappa shape index (κ2) is 39.6. The molecule has 0 saturated heterocycles. The van der Waals surface area contributed by atoms with E-state index >= 15 is 0 Å². The van der Waals surface area contributed by atoms with Crippen LogP contribution in [0, 0.1) is 0 Å². The SMILES string of the molecule is CCCCCCCCCC/C=C/C/C=C/CCCCCCCCCC(=O)OCC(COCCC(C(=O)O)[N+](C)(C)C)OC(=O)CCCCCCCCCCCC. The van der Waals surface area contributed by atoms with Gasteiger partial charge in [0.25, 0.3) is 0 Å². The van der Waals surface area contributed by atoms with E-state index in [4.69, 9.17) is 14.2 Å². The number of aliphatic carboxylic acids is 1. The molecule has 0 saturated carbocycles. The monoisotopic (exact) mass is 793 g/mol. The summed E-state index contributed by atoms with van der Waals surface area (Å²) in [5.74, 6) is -1.47. The van der Waals surface area contributed by atoms with Crippen molar-refractivity contribution in [3.63, 3.8) is 0 Å². The highest BCUT2D eigenvalue weighted by molar-refractivity contribution is 5.72. The van der Waals surface area contributed by atoms with Crippen LogP contribution >= 0.6 is 0 Å². The predicted molar refractivity (Wildman–Crippen MR) is 234 cm³/mol. The molecule has 0 aromatic rings. The molecule has 2 unspecified atom stereocenters. The van der Waals surface area contributed by atoms with Crippen molar-refractivity contribution in [1.82, 2.24) is 0 Å². The minimum Gasteiger partial charge on any atom is -0.477 e. The molecule has 0 fully saturated rings. The fourth-order valence-corrected chi connectivity index (χ4v) is 6.95. The van der Waals surface area contributed by atoms with Crippen molar-refractivity contribution in [2.45, 2.75) is 225 Å². The second-order valence-electron chi connectivity index (χ2n) is 17.0. The number of carbonyl (C=O) groups excluding carboxylic acids is 2. The lowest BCUT2D eigenvalue weighted by Gasteiger charge is -2.31. The fraction of sp³-hybridized carbons (Fsp3) is 0.854. The van der Waals surface area contributed by atoms with E-state index in [1.165, 1.54) is 128 Å². The molecule has 8 nitrogen and oxygen atoms in total. The molecular weight excluding hydrogens is 703 g/mol. The third-order valence-corrected chi connectivity index (χ3v) is 10.6. The smallest absolute Gasteiger partial charge is 0.362 e. The van der Waals surface area contributed by atoms with Crippen LogP contribution in [-0.4, -0.2) is 80.6 Å². The van der Waals surface area contributed by atoms with Crippen LogP contribution in [0.15, 0.2) is 24.3 Å². The number of likely N-dealkylation sites (N-methyl/N-ethyl adjacent to an activating group) is 1. The van der Waals surface area contributed by atoms with Crippen molar-refractivity contribution in [3.8, 4) is 0 Å². The van der Waals surface area contributed by atoms with Crippen LogP contribution < -0.4 is 0 Å². The summed E-state index contributed by atoms with van der Waals surface area (Å²) in [5.41, 5.74) is 0. The lowest BCUT2D eigenvalue weighted by molar-refractivity contribution is -0.887. The summed E-state index contributed by atoms with van der Waals surface area (Å²) in [6.07, 6.45) is 43.7. The van der Waals surface area contributed by atoms with Crippen molar-refractivity contribution in [3.05, 3.63) is 24.3 Å². The Bertz CT molecular complexity index is 973. The highest BCUT2D eigenvalue weighted by Gasteiger charge is 2.31. The molecule has 0 spiro atoms. The van der Waals surface area contributed by atoms with Crippen LogP contribution in [0.5, 0.6) is 0 Å². The predicted octanol–water partition coefficient (Wildman–Crippen LogP) is 12.9. The molecule has 8 heteroatoms. The van der Waals surface area contributed by atoms with E-state index in [1.54, 1.807) is 0 Å². The standard InChI is InChI=1S/C48H89NO7/c1-6-8-10-12-14-16-18-19-20-21-22-23-24-25-26-27-28-29-31-32-34-36-38-46(50)55-43-44(42-54-41-40-45(48(52)53)49(3,4)5)56-47(51)39-37-35-33-30-17-15-13-11-9-7-2/h21-22,24-25,44-45H,6-20,23,26-43H2,1-5H3/p+1/b22-21+,25-24+. The van der Waals surface area contributed by atoms with E-state index in [0.29, 0.717) is 19.3 Å². The second-order valence-corrected chi connectivity index (χ2v) is 17.0. The lowest BCUT2D eigenvalue weighted by atomic mass is 10.1. The number of hydrogen-bond acceptors (Lipinski definition) is 6. The summed E-state index contributed by atoms with van der Waals surface area (Å²) < 4.78 is 17.3. The maximum absolute atomic E-state index is 12.7. The number of carboxylic acid groups (broad SMARTS) is 1. The number of ether oxygens (including phenoxy) is 3. The van der Waals surface area contributed by atoms with Crippen molar-refractivity contribution in [2.24, 2.45) is 0 Å². The largest absolute Gasteiger partial charge is 0.477 e. The molecule has 0 aromatic heterocycles. The molecule has 328 valence electrons. The van der Waals surface area contributed by atoms with Gasteiger partial charge in [-0.25, -0.2) is 4.79 Å². The number of rotatable bonds is 42. The summed E-state index contributed by atoms with van der Waals surface area (Å²) in [5, 5.41) is 9.61. The topological polar surface area (TPSA) is 99.1 Å². The molecule has 0 rings (SSSR count). The normalized spacial score (nSPS) is 13.1. The maximum Gasteiger partial charge on any atom is 0.362 e. The summed E-state index contributed by atoms with van der Waals surface area (Å²) in [6, 6.07) is -0.612. The fourth-order valence-electron chi connectivity index (χ4n) is 6.95. The Morgan fingerprint density at radius 2 is 0.946 bits per heavy atom. The van der Waals surface area contributed by atoms with Crippen LogP contribution in [0.25, 0.3) is 0 Å². The van der Waals surface area contributed by atoms with Gasteiger partial charge in [-0.1, -0.05) is 173 Å². The first-order valence-electron chi connectivity index (χ1n) is 23.4. The number of hydrogen-bond donors (Lipinski definition) is 1. The Hall–Kier alpha value is -2.19. The van der Waals surface area contributed by atoms with Crippen LogP contribution in [0.4, 0.5) is 0 Å². The summed E-state index contributed by atoms with van der Waals surface area (Å²) in [7, 11) is 5.53. The van der Waals surface area contributed by atoms with Gasteiger partial charge in [-0.2, -0.15) is 0 Å². The van der Waals surface area contributed by atoms with Crippen molar-refractivity contribution in [1.29, 1.82) is 0 Å². The first-order chi connectivity index (χ1) is 27.1. The molecule has 0 aliphatic carbocycles. The molecular formula is C48H90NO7+. The Kier molecular flexibility index (Phi) is 38.1. The van der Waals surface area contributed by atoms with E-state index in [0.717, 1.165) is 51.4 Å². The van der Waals surface area contributed by atoms with Gasteiger partial charge in [-0.3, -0.25) is 9.59 Å². The zero-order valence-electron chi connectivity index (χ0n) is 37.3. The van der Waals surface area contributed by atoms with E-state index in [2.05, 4.69) is 38.2 Å². The van der Waals surface area contributed by atoms with E-state index < -0.39 is 18.1 Å². The highest BCUT2D eigenvalue weighted by Crippen LogP contribution is 2.15. The Labute approximate surface area is 345 Å². The number of quaternary nitrogens is 1. The number of allylic oxidation sites excluding steroid dienone is 4. The molecule has 0 amide bonds. The number of carboxylic acids is 1. The van der Waals surface area contributed by atoms with Gasteiger partial charge in [0.1, 0.15) is 6.61 Å². The molecule has 0 bridgehead atoms. The molecule has 1 N–H and O–H groups in total. The van der Waals surface area contributed by atoms with Gasteiger partial charge in [0.15, 0.2) is 12.1 Å². The number of nitrogens with zero attached hydrogens (tertiary/aromatic N) is 1. The molecule has 2 atom stereocenters. The average Bonchev–Trinajstić information content (AvgIpc) is 3.15. The van der Waals surface area contributed by atoms with Gasteiger partial charge in [-0.15, -0.1) is 0 Å². The van der Waals surface area contributed by atoms with Crippen molar-refractivity contribution in [2.75, 3.05) is 41.0 Å². The number of esters is 2. The Balaban J connectivity index is 4.20. The van der Waals surface area contributed by atoms with Gasteiger partial charge < -0.3 is 23.8 Å². The summed E-state index contributed by atoms with van der Waals surface area (Å²) in [6.45, 7) is 4.73. The van der Waals surface area contributed by atoms with Gasteiger partial charge in [0, 0.05) is 19.3 Å². The zero-order valence-corrected chi connectivity index (χ0v) is 37.3. The quantitative estimate of drug-likeness (QED) is 0.0284. The maximum atomic E-state index is 12.7. The third kappa shape index (κ3) is 37.4. The third-order valence-electron chi connectivity index (χ3n) is 10.6. The number of unbranched alkanes of at least 4 members (excludes halogenated alkanes) is 24. The van der Waals surface area contributed by atoms with Crippen LogP contribution in [0.1, 0.15) is 213 Å². The minimum atomic E-state index is -0.875. The molecule has 0 aromatic carbocycles. The first kappa shape index (κ1) is 53.8. The van der Waals surface area contributed by atoms with Gasteiger partial charge in [0.2, 0.25) is 0 Å². The van der Waals surface area contributed by atoms with Crippen LogP contribution in [-0.2, 0) is 28.6 Å². The van der Waals surface area contributed by atoms with Crippen LogP contribution in [0.2, 0.25) is 0 Å². The molecule has 0 heterocycles. The van der Waals surface area contributed by atoms with Gasteiger partial charge in [0.05, 0.1) is 34.4 Å².